The number of fused-ring (bicyclic) bond motifs is 1. The average molecular weight is 194 g/mol. The van der Waals surface area contributed by atoms with Gasteiger partial charge in [0.1, 0.15) is 6.10 Å². The smallest absolute Gasteiger partial charge is 0.161 e. The molecule has 3 atom stereocenters. The molecule has 2 aliphatic rings. The molecule has 0 bridgehead atoms. The Morgan fingerprint density at radius 3 is 3.00 bits per heavy atom. The number of aliphatic hydroxyl groups is 1. The highest BCUT2D eigenvalue weighted by Crippen LogP contribution is 2.48. The van der Waals surface area contributed by atoms with Crippen LogP contribution in [0, 0.1) is 11.3 Å². The largest absolute Gasteiger partial charge is 0.385 e. The molecule has 0 radical (unpaired) electrons. The first-order valence-electron chi connectivity index (χ1n) is 5.40. The highest BCUT2D eigenvalue weighted by molar-refractivity contribution is 5.84. The van der Waals surface area contributed by atoms with Crippen molar-refractivity contribution in [3.05, 3.63) is 11.6 Å². The second-order valence-electron chi connectivity index (χ2n) is 5.07. The van der Waals surface area contributed by atoms with Gasteiger partial charge in [-0.15, -0.1) is 0 Å². The minimum absolute atomic E-state index is 0.0386. The van der Waals surface area contributed by atoms with Crippen LogP contribution in [0.25, 0.3) is 0 Å². The van der Waals surface area contributed by atoms with Crippen LogP contribution in [0.4, 0.5) is 0 Å². The molecule has 2 aliphatic carbocycles. The first-order valence-corrected chi connectivity index (χ1v) is 5.40. The van der Waals surface area contributed by atoms with Crippen molar-refractivity contribution in [3.63, 3.8) is 0 Å². The van der Waals surface area contributed by atoms with E-state index in [1.807, 2.05) is 0 Å². The highest BCUT2D eigenvalue weighted by atomic mass is 16.3. The van der Waals surface area contributed by atoms with Gasteiger partial charge in [-0.2, -0.15) is 0 Å². The fourth-order valence-electron chi connectivity index (χ4n) is 2.85. The molecule has 0 aromatic heterocycles. The molecule has 2 nitrogen and oxygen atoms in total. The van der Waals surface area contributed by atoms with Gasteiger partial charge in [0.25, 0.3) is 0 Å². The zero-order valence-corrected chi connectivity index (χ0v) is 8.92. The number of carbonyl (C=O) groups is 1. The number of allylic oxidation sites excluding steroid dienone is 2. The summed E-state index contributed by atoms with van der Waals surface area (Å²) >= 11 is 0. The Balaban J connectivity index is 2.29. The summed E-state index contributed by atoms with van der Waals surface area (Å²) < 4.78 is 0. The van der Waals surface area contributed by atoms with Crippen LogP contribution in [0.2, 0.25) is 0 Å². The Labute approximate surface area is 85.0 Å². The zero-order valence-electron chi connectivity index (χ0n) is 8.92. The standard InChI is InChI=1S/C12H18O2/c1-8-5-6-12(2)9(7-8)3-4-10(13)11(12)14/h5,9,11,14H,3-4,6-7H2,1-2H3/t9?,11-,12?/m0/s1. The predicted octanol–water partition coefficient (Wildman–Crippen LogP) is 2.07. The third kappa shape index (κ3) is 1.33. The minimum atomic E-state index is -0.731. The second kappa shape index (κ2) is 3.20. The van der Waals surface area contributed by atoms with Gasteiger partial charge in [-0.1, -0.05) is 18.6 Å². The number of rotatable bonds is 0. The molecule has 0 spiro atoms. The summed E-state index contributed by atoms with van der Waals surface area (Å²) in [6.07, 6.45) is 4.88. The molecule has 2 unspecified atom stereocenters. The summed E-state index contributed by atoms with van der Waals surface area (Å²) in [7, 11) is 0. The molecule has 1 saturated carbocycles. The van der Waals surface area contributed by atoms with Crippen LogP contribution >= 0.6 is 0 Å². The van der Waals surface area contributed by atoms with Gasteiger partial charge in [0.05, 0.1) is 0 Å². The molecule has 0 aromatic carbocycles. The third-order valence-corrected chi connectivity index (χ3v) is 4.06. The predicted molar refractivity (Wildman–Crippen MR) is 54.8 cm³/mol. The molecular weight excluding hydrogens is 176 g/mol. The maximum atomic E-state index is 11.5. The molecule has 0 aliphatic heterocycles. The van der Waals surface area contributed by atoms with E-state index in [1.54, 1.807) is 0 Å². The van der Waals surface area contributed by atoms with E-state index >= 15 is 0 Å². The Bertz CT molecular complexity index is 293. The molecule has 1 fully saturated rings. The van der Waals surface area contributed by atoms with Crippen LogP contribution in [-0.2, 0) is 4.79 Å². The summed E-state index contributed by atoms with van der Waals surface area (Å²) in [6, 6.07) is 0. The maximum absolute atomic E-state index is 11.5. The third-order valence-electron chi connectivity index (χ3n) is 4.06. The lowest BCUT2D eigenvalue weighted by atomic mass is 9.59. The second-order valence-corrected chi connectivity index (χ2v) is 5.07. The Morgan fingerprint density at radius 2 is 2.29 bits per heavy atom. The molecule has 78 valence electrons. The van der Waals surface area contributed by atoms with Gasteiger partial charge in [0.2, 0.25) is 0 Å². The van der Waals surface area contributed by atoms with Crippen LogP contribution in [0.3, 0.4) is 0 Å². The SMILES string of the molecule is CC1=CCC2(C)C(CCC(=O)[C@@H]2O)C1. The number of aliphatic hydroxyl groups excluding tert-OH is 1. The lowest BCUT2D eigenvalue weighted by Gasteiger charge is -2.46. The quantitative estimate of drug-likeness (QED) is 0.599. The molecule has 14 heavy (non-hydrogen) atoms. The Hall–Kier alpha value is -0.630. The van der Waals surface area contributed by atoms with E-state index in [2.05, 4.69) is 19.9 Å². The molecule has 1 N–H and O–H groups in total. The van der Waals surface area contributed by atoms with Crippen LogP contribution in [-0.4, -0.2) is 17.0 Å². The van der Waals surface area contributed by atoms with E-state index in [0.29, 0.717) is 12.3 Å². The van der Waals surface area contributed by atoms with E-state index in [1.165, 1.54) is 5.57 Å². The molecule has 0 heterocycles. The number of Topliss-reactive ketones (excluding diaryl/α,β-unsaturated/α-hetero) is 1. The fourth-order valence-corrected chi connectivity index (χ4v) is 2.85. The summed E-state index contributed by atoms with van der Waals surface area (Å²) in [5.74, 6) is 0.539. The van der Waals surface area contributed by atoms with E-state index in [0.717, 1.165) is 19.3 Å². The first kappa shape index (κ1) is 9.91. The van der Waals surface area contributed by atoms with Gasteiger partial charge < -0.3 is 5.11 Å². The summed E-state index contributed by atoms with van der Waals surface area (Å²) in [6.45, 7) is 4.20. The first-order chi connectivity index (χ1) is 6.54. The van der Waals surface area contributed by atoms with E-state index in [4.69, 9.17) is 0 Å². The summed E-state index contributed by atoms with van der Waals surface area (Å²) in [5, 5.41) is 9.94. The van der Waals surface area contributed by atoms with Crippen molar-refractivity contribution in [1.82, 2.24) is 0 Å². The van der Waals surface area contributed by atoms with Gasteiger partial charge in [-0.3, -0.25) is 4.79 Å². The normalized spacial score (nSPS) is 43.1. The molecular formula is C12H18O2. The monoisotopic (exact) mass is 194 g/mol. The Morgan fingerprint density at radius 1 is 1.57 bits per heavy atom. The van der Waals surface area contributed by atoms with Gasteiger partial charge >= 0.3 is 0 Å². The highest BCUT2D eigenvalue weighted by Gasteiger charge is 2.47. The fraction of sp³-hybridized carbons (Fsp3) is 0.750. The van der Waals surface area contributed by atoms with Crippen LogP contribution in [0.5, 0.6) is 0 Å². The van der Waals surface area contributed by atoms with Crippen molar-refractivity contribution in [2.75, 3.05) is 0 Å². The Kier molecular flexibility index (Phi) is 2.26. The maximum Gasteiger partial charge on any atom is 0.161 e. The topological polar surface area (TPSA) is 37.3 Å². The zero-order chi connectivity index (χ0) is 10.3. The summed E-state index contributed by atoms with van der Waals surface area (Å²) in [4.78, 5) is 11.5. The molecule has 0 aromatic rings. The van der Waals surface area contributed by atoms with Crippen molar-refractivity contribution in [2.45, 2.75) is 45.6 Å². The number of ketones is 1. The molecule has 0 amide bonds. The average Bonchev–Trinajstić information content (AvgIpc) is 2.16. The molecule has 2 rings (SSSR count). The summed E-state index contributed by atoms with van der Waals surface area (Å²) in [5.41, 5.74) is 1.23. The van der Waals surface area contributed by atoms with Gasteiger partial charge in [-0.25, -0.2) is 0 Å². The minimum Gasteiger partial charge on any atom is -0.385 e. The molecule has 0 saturated heterocycles. The van der Waals surface area contributed by atoms with Crippen LogP contribution in [0.1, 0.15) is 39.5 Å². The lowest BCUT2D eigenvalue weighted by Crippen LogP contribution is -2.49. The van der Waals surface area contributed by atoms with Crippen LogP contribution in [0.15, 0.2) is 11.6 Å². The van der Waals surface area contributed by atoms with Crippen LogP contribution < -0.4 is 0 Å². The lowest BCUT2D eigenvalue weighted by molar-refractivity contribution is -0.143. The van der Waals surface area contributed by atoms with Crippen molar-refractivity contribution < 1.29 is 9.90 Å². The number of hydrogen-bond donors (Lipinski definition) is 1. The van der Waals surface area contributed by atoms with Gasteiger partial charge in [0, 0.05) is 11.8 Å². The molecule has 2 heteroatoms. The van der Waals surface area contributed by atoms with Crippen molar-refractivity contribution in [3.8, 4) is 0 Å². The van der Waals surface area contributed by atoms with Crippen molar-refractivity contribution in [1.29, 1.82) is 0 Å². The van der Waals surface area contributed by atoms with E-state index in [-0.39, 0.29) is 11.2 Å². The van der Waals surface area contributed by atoms with Gasteiger partial charge in [-0.05, 0) is 32.1 Å². The van der Waals surface area contributed by atoms with Gasteiger partial charge in [0.15, 0.2) is 5.78 Å². The van der Waals surface area contributed by atoms with E-state index in [9.17, 15) is 9.90 Å². The number of carbonyl (C=O) groups excluding carboxylic acids is 1. The van der Waals surface area contributed by atoms with E-state index < -0.39 is 6.10 Å². The van der Waals surface area contributed by atoms with Crippen molar-refractivity contribution >= 4 is 5.78 Å². The number of hydrogen-bond acceptors (Lipinski definition) is 2. The van der Waals surface area contributed by atoms with Crippen molar-refractivity contribution in [2.24, 2.45) is 11.3 Å².